The van der Waals surface area contributed by atoms with Crippen LogP contribution in [0.4, 0.5) is 19.0 Å². The molecule has 0 aliphatic rings. The van der Waals surface area contributed by atoms with Crippen molar-refractivity contribution in [1.29, 1.82) is 5.41 Å². The Morgan fingerprint density at radius 2 is 1.95 bits per heavy atom. The van der Waals surface area contributed by atoms with Crippen molar-refractivity contribution in [3.8, 4) is 11.3 Å². The highest BCUT2D eigenvalue weighted by atomic mass is 35.5. The number of alkyl halides is 3. The third-order valence-corrected chi connectivity index (χ3v) is 3.57. The van der Waals surface area contributed by atoms with Crippen LogP contribution in [0.2, 0.25) is 10.0 Å². The molecule has 0 bridgehead atoms. The van der Waals surface area contributed by atoms with E-state index in [9.17, 15) is 13.2 Å². The summed E-state index contributed by atoms with van der Waals surface area (Å²) in [5, 5.41) is 11.9. The molecule has 0 atom stereocenters. The van der Waals surface area contributed by atoms with E-state index in [1.54, 1.807) is 18.2 Å². The van der Waals surface area contributed by atoms with Gasteiger partial charge in [-0.2, -0.15) is 23.3 Å². The predicted molar refractivity (Wildman–Crippen MR) is 76.4 cm³/mol. The van der Waals surface area contributed by atoms with Crippen molar-refractivity contribution in [3.63, 3.8) is 0 Å². The molecular formula is C12H10Cl2F3N5. The first-order valence-electron chi connectivity index (χ1n) is 5.99. The number of halogens is 5. The molecule has 0 aliphatic carbocycles. The monoisotopic (exact) mass is 351 g/mol. The van der Waals surface area contributed by atoms with Gasteiger partial charge in [0.25, 0.3) is 0 Å². The zero-order valence-corrected chi connectivity index (χ0v) is 12.5. The van der Waals surface area contributed by atoms with Gasteiger partial charge in [0.15, 0.2) is 5.82 Å². The van der Waals surface area contributed by atoms with Gasteiger partial charge < -0.3 is 5.73 Å². The number of nitrogens with zero attached hydrogens (tertiary/aromatic N) is 3. The molecule has 10 heteroatoms. The second-order valence-corrected chi connectivity index (χ2v) is 5.14. The molecule has 0 radical (unpaired) electrons. The number of nitrogens with two attached hydrogens (primary N) is 1. The molecule has 1 heterocycles. The summed E-state index contributed by atoms with van der Waals surface area (Å²) in [5.74, 6) is -0.113. The lowest BCUT2D eigenvalue weighted by atomic mass is 10.1. The molecule has 3 N–H and O–H groups in total. The Balaban J connectivity index is 2.49. The van der Waals surface area contributed by atoms with Gasteiger partial charge in [0.1, 0.15) is 5.69 Å². The lowest BCUT2D eigenvalue weighted by Gasteiger charge is -2.12. The first-order chi connectivity index (χ1) is 10.2. The van der Waals surface area contributed by atoms with E-state index >= 15 is 0 Å². The Bertz CT molecular complexity index is 757. The molecule has 118 valence electrons. The Labute approximate surface area is 133 Å². The minimum atomic E-state index is -4.36. The first kappa shape index (κ1) is 16.6. The fourth-order valence-corrected chi connectivity index (χ4v) is 2.10. The zero-order chi connectivity index (χ0) is 16.5. The highest BCUT2D eigenvalue weighted by Crippen LogP contribution is 2.33. The molecule has 0 saturated carbocycles. The Hall–Kier alpha value is -1.80. The van der Waals surface area contributed by atoms with Gasteiger partial charge in [-0.15, -0.1) is 0 Å². The number of rotatable bonds is 3. The standard InChI is InChI=1S/C12H10Cl2F3N5/c13-7-3-1-2-6(8(7)14)9-10(18)20-11(19)22(21-9)5-4-12(15,16)17/h1-3H,4-5H2,(H3,18,19,20). The van der Waals surface area contributed by atoms with Gasteiger partial charge in [-0.1, -0.05) is 35.3 Å². The van der Waals surface area contributed by atoms with E-state index < -0.39 is 24.8 Å². The maximum atomic E-state index is 12.3. The van der Waals surface area contributed by atoms with Crippen LogP contribution < -0.4 is 11.4 Å². The van der Waals surface area contributed by atoms with Crippen LogP contribution in [0.1, 0.15) is 6.42 Å². The first-order valence-corrected chi connectivity index (χ1v) is 6.75. The number of aromatic nitrogens is 3. The number of nitrogen functional groups attached to an aromatic ring is 1. The smallest absolute Gasteiger partial charge is 0.382 e. The molecule has 5 nitrogen and oxygen atoms in total. The van der Waals surface area contributed by atoms with E-state index in [0.717, 1.165) is 4.68 Å². The summed E-state index contributed by atoms with van der Waals surface area (Å²) >= 11 is 11.9. The largest absolute Gasteiger partial charge is 0.390 e. The lowest BCUT2D eigenvalue weighted by Crippen LogP contribution is -2.29. The van der Waals surface area contributed by atoms with Crippen molar-refractivity contribution < 1.29 is 13.2 Å². The number of benzene rings is 1. The third-order valence-electron chi connectivity index (χ3n) is 2.75. The van der Waals surface area contributed by atoms with Crippen LogP contribution >= 0.6 is 23.2 Å². The van der Waals surface area contributed by atoms with Crippen LogP contribution in [-0.2, 0) is 6.54 Å². The van der Waals surface area contributed by atoms with Gasteiger partial charge >= 0.3 is 6.18 Å². The van der Waals surface area contributed by atoms with Crippen molar-refractivity contribution in [3.05, 3.63) is 33.9 Å². The van der Waals surface area contributed by atoms with Crippen LogP contribution in [-0.4, -0.2) is 20.9 Å². The highest BCUT2D eigenvalue weighted by molar-refractivity contribution is 6.43. The van der Waals surface area contributed by atoms with E-state index in [0.29, 0.717) is 5.56 Å². The number of aryl methyl sites for hydroxylation is 1. The molecule has 22 heavy (non-hydrogen) atoms. The summed E-state index contributed by atoms with van der Waals surface area (Å²) in [7, 11) is 0. The second kappa shape index (κ2) is 6.13. The Morgan fingerprint density at radius 3 is 2.59 bits per heavy atom. The molecule has 1 aromatic carbocycles. The predicted octanol–water partition coefficient (Wildman–Crippen LogP) is 3.27. The summed E-state index contributed by atoms with van der Waals surface area (Å²) in [6.07, 6.45) is -5.50. The lowest BCUT2D eigenvalue weighted by molar-refractivity contribution is -0.137. The van der Waals surface area contributed by atoms with E-state index in [2.05, 4.69) is 10.1 Å². The third kappa shape index (κ3) is 3.69. The van der Waals surface area contributed by atoms with Crippen molar-refractivity contribution >= 4 is 29.0 Å². The topological polar surface area (TPSA) is 80.6 Å². The molecule has 0 amide bonds. The Kier molecular flexibility index (Phi) is 4.62. The summed E-state index contributed by atoms with van der Waals surface area (Å²) in [4.78, 5) is 3.70. The van der Waals surface area contributed by atoms with Gasteiger partial charge in [0.2, 0.25) is 5.62 Å². The van der Waals surface area contributed by atoms with Crippen LogP contribution in [0, 0.1) is 5.41 Å². The second-order valence-electron chi connectivity index (χ2n) is 4.36. The van der Waals surface area contributed by atoms with E-state index in [4.69, 9.17) is 34.3 Å². The van der Waals surface area contributed by atoms with Gasteiger partial charge in [-0.3, -0.25) is 5.41 Å². The maximum Gasteiger partial charge on any atom is 0.390 e. The molecule has 1 aromatic heterocycles. The summed E-state index contributed by atoms with van der Waals surface area (Å²) < 4.78 is 37.7. The molecule has 0 saturated heterocycles. The SMILES string of the molecule is N=c1nc(N)c(-c2cccc(Cl)c2Cl)nn1CCC(F)(F)F. The maximum absolute atomic E-state index is 12.3. The van der Waals surface area contributed by atoms with Crippen molar-refractivity contribution in [2.45, 2.75) is 19.1 Å². The quantitative estimate of drug-likeness (QED) is 0.890. The fraction of sp³-hybridized carbons (Fsp3) is 0.250. The van der Waals surface area contributed by atoms with Crippen molar-refractivity contribution in [2.24, 2.45) is 0 Å². The van der Waals surface area contributed by atoms with Crippen molar-refractivity contribution in [2.75, 3.05) is 5.73 Å². The summed E-state index contributed by atoms with van der Waals surface area (Å²) in [6, 6.07) is 4.71. The summed E-state index contributed by atoms with van der Waals surface area (Å²) in [6.45, 7) is -0.541. The Morgan fingerprint density at radius 1 is 1.27 bits per heavy atom. The van der Waals surface area contributed by atoms with Crippen LogP contribution in [0.3, 0.4) is 0 Å². The molecule has 0 fully saturated rings. The molecular weight excluding hydrogens is 342 g/mol. The molecule has 2 aromatic rings. The van der Waals surface area contributed by atoms with Gasteiger partial charge in [0.05, 0.1) is 23.0 Å². The summed E-state index contributed by atoms with van der Waals surface area (Å²) in [5.41, 5.74) is 5.63. The average molecular weight is 352 g/mol. The average Bonchev–Trinajstić information content (AvgIpc) is 2.40. The number of anilines is 1. The molecule has 0 unspecified atom stereocenters. The van der Waals surface area contributed by atoms with Crippen LogP contribution in [0.15, 0.2) is 18.2 Å². The fourth-order valence-electron chi connectivity index (χ4n) is 1.71. The highest BCUT2D eigenvalue weighted by Gasteiger charge is 2.27. The number of hydrogen-bond donors (Lipinski definition) is 2. The normalized spacial score (nSPS) is 11.7. The number of hydrogen-bond acceptors (Lipinski definition) is 4. The van der Waals surface area contributed by atoms with Crippen LogP contribution in [0.25, 0.3) is 11.3 Å². The van der Waals surface area contributed by atoms with E-state index in [1.165, 1.54) is 0 Å². The molecule has 0 spiro atoms. The van der Waals surface area contributed by atoms with Crippen molar-refractivity contribution in [1.82, 2.24) is 14.8 Å². The van der Waals surface area contributed by atoms with E-state index in [1.807, 2.05) is 0 Å². The minimum Gasteiger partial charge on any atom is -0.382 e. The zero-order valence-electron chi connectivity index (χ0n) is 11.0. The van der Waals surface area contributed by atoms with Gasteiger partial charge in [0, 0.05) is 5.56 Å². The minimum absolute atomic E-state index is 0.0747. The number of nitrogens with one attached hydrogen (secondary N) is 1. The van der Waals surface area contributed by atoms with Crippen LogP contribution in [0.5, 0.6) is 0 Å². The van der Waals surface area contributed by atoms with Gasteiger partial charge in [-0.05, 0) is 6.07 Å². The molecule has 2 rings (SSSR count). The molecule has 0 aliphatic heterocycles. The van der Waals surface area contributed by atoms with Gasteiger partial charge in [-0.25, -0.2) is 4.68 Å². The van der Waals surface area contributed by atoms with E-state index in [-0.39, 0.29) is 21.6 Å².